The number of likely N-dealkylation sites (N-methyl/N-ethyl adjacent to an activating group) is 1. The minimum absolute atomic E-state index is 0.246. The fourth-order valence-electron chi connectivity index (χ4n) is 2.32. The van der Waals surface area contributed by atoms with Gasteiger partial charge in [-0.3, -0.25) is 9.48 Å². The average Bonchev–Trinajstić information content (AvgIpc) is 2.66. The number of carbonyl (C=O) groups is 1. The highest BCUT2D eigenvalue weighted by Crippen LogP contribution is 2.06. The van der Waals surface area contributed by atoms with E-state index in [1.807, 2.05) is 29.5 Å². The molecule has 18 heavy (non-hydrogen) atoms. The maximum Gasteiger partial charge on any atom is 0.224 e. The highest BCUT2D eigenvalue weighted by Gasteiger charge is 2.18. The molecule has 1 amide bonds. The van der Waals surface area contributed by atoms with Crippen molar-refractivity contribution in [1.29, 1.82) is 0 Å². The van der Waals surface area contributed by atoms with Crippen LogP contribution in [0.4, 0.5) is 0 Å². The molecule has 0 N–H and O–H groups in total. The van der Waals surface area contributed by atoms with Crippen LogP contribution in [0.5, 0.6) is 0 Å². The third-order valence-corrected chi connectivity index (χ3v) is 3.50. The van der Waals surface area contributed by atoms with Crippen LogP contribution in [-0.4, -0.2) is 58.7 Å². The molecule has 1 aromatic heterocycles. The number of nitrogens with zero attached hydrogens (tertiary/aromatic N) is 4. The van der Waals surface area contributed by atoms with Crippen molar-refractivity contribution >= 4 is 5.91 Å². The van der Waals surface area contributed by atoms with Gasteiger partial charge in [-0.25, -0.2) is 0 Å². The van der Waals surface area contributed by atoms with Crippen molar-refractivity contribution in [2.75, 3.05) is 33.2 Å². The lowest BCUT2D eigenvalue weighted by Crippen LogP contribution is -2.47. The summed E-state index contributed by atoms with van der Waals surface area (Å²) in [5, 5.41) is 4.38. The molecule has 5 nitrogen and oxygen atoms in total. The second-order valence-corrected chi connectivity index (χ2v) is 5.08. The van der Waals surface area contributed by atoms with E-state index in [0.717, 1.165) is 37.6 Å². The van der Waals surface area contributed by atoms with Crippen LogP contribution in [0.1, 0.15) is 17.8 Å². The molecule has 1 fully saturated rings. The molecule has 0 unspecified atom stereocenters. The van der Waals surface area contributed by atoms with Gasteiger partial charge in [0.05, 0.1) is 5.69 Å². The first-order chi connectivity index (χ1) is 8.56. The monoisotopic (exact) mass is 250 g/mol. The van der Waals surface area contributed by atoms with E-state index in [9.17, 15) is 4.79 Å². The zero-order chi connectivity index (χ0) is 13.1. The summed E-state index contributed by atoms with van der Waals surface area (Å²) in [6.45, 7) is 8.35. The Morgan fingerprint density at radius 1 is 1.28 bits per heavy atom. The van der Waals surface area contributed by atoms with E-state index in [0.29, 0.717) is 13.0 Å². The second kappa shape index (κ2) is 5.52. The molecule has 1 aliphatic rings. The van der Waals surface area contributed by atoms with Gasteiger partial charge in [0, 0.05) is 44.8 Å². The lowest BCUT2D eigenvalue weighted by molar-refractivity contribution is -0.133. The third kappa shape index (κ3) is 3.10. The summed E-state index contributed by atoms with van der Waals surface area (Å²) in [6, 6.07) is 2.04. The second-order valence-electron chi connectivity index (χ2n) is 5.08. The molecular formula is C13H22N4O. The van der Waals surface area contributed by atoms with Gasteiger partial charge < -0.3 is 9.80 Å². The van der Waals surface area contributed by atoms with E-state index in [2.05, 4.69) is 17.0 Å². The third-order valence-electron chi connectivity index (χ3n) is 3.50. The fraction of sp³-hybridized carbons (Fsp3) is 0.692. The number of aromatic nitrogens is 2. The molecule has 5 heteroatoms. The van der Waals surface area contributed by atoms with Gasteiger partial charge in [-0.1, -0.05) is 0 Å². The summed E-state index contributed by atoms with van der Waals surface area (Å²) in [5.41, 5.74) is 2.14. The lowest BCUT2D eigenvalue weighted by Gasteiger charge is -2.32. The van der Waals surface area contributed by atoms with Crippen molar-refractivity contribution in [2.45, 2.75) is 26.8 Å². The summed E-state index contributed by atoms with van der Waals surface area (Å²) >= 11 is 0. The van der Waals surface area contributed by atoms with Gasteiger partial charge in [-0.05, 0) is 27.0 Å². The maximum atomic E-state index is 12.1. The number of amides is 1. The predicted molar refractivity (Wildman–Crippen MR) is 70.4 cm³/mol. The Morgan fingerprint density at radius 2 is 1.94 bits per heavy atom. The van der Waals surface area contributed by atoms with Crippen molar-refractivity contribution < 1.29 is 4.79 Å². The Labute approximate surface area is 108 Å². The van der Waals surface area contributed by atoms with Gasteiger partial charge in [-0.15, -0.1) is 0 Å². The number of hydrogen-bond donors (Lipinski definition) is 0. The molecule has 0 radical (unpaired) electrons. The SMILES string of the molecule is Cc1cc(C)n(CCC(=O)N2CCN(C)CC2)n1. The first-order valence-corrected chi connectivity index (χ1v) is 6.53. The van der Waals surface area contributed by atoms with Gasteiger partial charge in [0.25, 0.3) is 0 Å². The van der Waals surface area contributed by atoms with Crippen molar-refractivity contribution in [3.05, 3.63) is 17.5 Å². The van der Waals surface area contributed by atoms with Crippen molar-refractivity contribution in [1.82, 2.24) is 19.6 Å². The highest BCUT2D eigenvalue weighted by atomic mass is 16.2. The normalized spacial score (nSPS) is 17.2. The Kier molecular flexibility index (Phi) is 4.01. The summed E-state index contributed by atoms with van der Waals surface area (Å²) in [6.07, 6.45) is 0.547. The van der Waals surface area contributed by atoms with Gasteiger partial charge in [0.15, 0.2) is 0 Å². The molecule has 0 bridgehead atoms. The van der Waals surface area contributed by atoms with Crippen molar-refractivity contribution in [3.63, 3.8) is 0 Å². The first-order valence-electron chi connectivity index (χ1n) is 6.53. The van der Waals surface area contributed by atoms with Crippen LogP contribution in [0.2, 0.25) is 0 Å². The molecular weight excluding hydrogens is 228 g/mol. The van der Waals surface area contributed by atoms with Crippen LogP contribution < -0.4 is 0 Å². The Morgan fingerprint density at radius 3 is 2.50 bits per heavy atom. The van der Waals surface area contributed by atoms with E-state index >= 15 is 0 Å². The summed E-state index contributed by atoms with van der Waals surface area (Å²) in [5.74, 6) is 0.246. The van der Waals surface area contributed by atoms with E-state index in [-0.39, 0.29) is 5.91 Å². The zero-order valence-electron chi connectivity index (χ0n) is 11.5. The minimum Gasteiger partial charge on any atom is -0.340 e. The van der Waals surface area contributed by atoms with Gasteiger partial charge in [-0.2, -0.15) is 5.10 Å². The highest BCUT2D eigenvalue weighted by molar-refractivity contribution is 5.76. The molecule has 1 saturated heterocycles. The minimum atomic E-state index is 0.246. The van der Waals surface area contributed by atoms with Crippen LogP contribution in [0.25, 0.3) is 0 Å². The molecule has 0 aromatic carbocycles. The Hall–Kier alpha value is -1.36. The molecule has 0 saturated carbocycles. The first kappa shape index (κ1) is 13.1. The van der Waals surface area contributed by atoms with E-state index < -0.39 is 0 Å². The van der Waals surface area contributed by atoms with Crippen molar-refractivity contribution in [3.8, 4) is 0 Å². The lowest BCUT2D eigenvalue weighted by atomic mass is 10.3. The number of aryl methyl sites for hydroxylation is 3. The van der Waals surface area contributed by atoms with Crippen LogP contribution >= 0.6 is 0 Å². The topological polar surface area (TPSA) is 41.4 Å². The number of rotatable bonds is 3. The van der Waals surface area contributed by atoms with E-state index in [1.165, 1.54) is 0 Å². The molecule has 0 aliphatic carbocycles. The van der Waals surface area contributed by atoms with Crippen LogP contribution in [0.15, 0.2) is 6.07 Å². The van der Waals surface area contributed by atoms with Crippen LogP contribution in [0, 0.1) is 13.8 Å². The zero-order valence-corrected chi connectivity index (χ0v) is 11.5. The van der Waals surface area contributed by atoms with Crippen molar-refractivity contribution in [2.24, 2.45) is 0 Å². The van der Waals surface area contributed by atoms with Gasteiger partial charge in [0.2, 0.25) is 5.91 Å². The fourth-order valence-corrected chi connectivity index (χ4v) is 2.32. The largest absolute Gasteiger partial charge is 0.340 e. The van der Waals surface area contributed by atoms with Crippen LogP contribution in [-0.2, 0) is 11.3 Å². The summed E-state index contributed by atoms with van der Waals surface area (Å²) in [7, 11) is 2.09. The quantitative estimate of drug-likeness (QED) is 0.791. The molecule has 0 atom stereocenters. The summed E-state index contributed by atoms with van der Waals surface area (Å²) < 4.78 is 1.92. The number of carbonyl (C=O) groups excluding carboxylic acids is 1. The smallest absolute Gasteiger partial charge is 0.224 e. The number of hydrogen-bond acceptors (Lipinski definition) is 3. The molecule has 2 heterocycles. The Balaban J connectivity index is 1.83. The molecule has 1 aromatic rings. The number of piperazine rings is 1. The van der Waals surface area contributed by atoms with Crippen LogP contribution in [0.3, 0.4) is 0 Å². The Bertz CT molecular complexity index is 419. The molecule has 0 spiro atoms. The average molecular weight is 250 g/mol. The molecule has 100 valence electrons. The van der Waals surface area contributed by atoms with Gasteiger partial charge in [0.1, 0.15) is 0 Å². The standard InChI is InChI=1S/C13H22N4O/c1-11-10-12(2)17(14-11)5-4-13(18)16-8-6-15(3)7-9-16/h10H,4-9H2,1-3H3. The van der Waals surface area contributed by atoms with Gasteiger partial charge >= 0.3 is 0 Å². The van der Waals surface area contributed by atoms with E-state index in [1.54, 1.807) is 0 Å². The molecule has 1 aliphatic heterocycles. The molecule has 2 rings (SSSR count). The predicted octanol–water partition coefficient (Wildman–Crippen LogP) is 0.664. The van der Waals surface area contributed by atoms with E-state index in [4.69, 9.17) is 0 Å². The maximum absolute atomic E-state index is 12.1. The summed E-state index contributed by atoms with van der Waals surface area (Å²) in [4.78, 5) is 16.3.